The molecular formula is C126H168N4O8. The maximum absolute atomic E-state index is 14.1. The molecule has 25 aromatic rings. The van der Waals surface area contributed by atoms with Crippen LogP contribution in [-0.2, 0) is 16.0 Å². The number of aliphatic hydroxyl groups is 2. The number of carbonyl (C=O) groups is 1. The minimum atomic E-state index is -1.73. The van der Waals surface area contributed by atoms with Gasteiger partial charge in [0.2, 0.25) is 0 Å². The summed E-state index contributed by atoms with van der Waals surface area (Å²) in [6, 6.07) is 167. The van der Waals surface area contributed by atoms with E-state index in [9.17, 15) is 10.2 Å². The molecule has 0 aliphatic heterocycles. The van der Waals surface area contributed by atoms with Crippen LogP contribution in [0.5, 0.6) is 0 Å². The molecule has 12 heteroatoms. The molecule has 4 aromatic heterocycles. The van der Waals surface area contributed by atoms with Gasteiger partial charge in [0.25, 0.3) is 5.97 Å². The highest BCUT2D eigenvalue weighted by Gasteiger charge is 2.52. The van der Waals surface area contributed by atoms with E-state index in [1.807, 2.05) is 182 Å². The highest BCUT2D eigenvalue weighted by atomic mass is 16.4. The molecule has 0 saturated heterocycles. The van der Waals surface area contributed by atoms with Gasteiger partial charge < -0.3 is 52.6 Å². The fourth-order valence-electron chi connectivity index (χ4n) is 20.9. The van der Waals surface area contributed by atoms with Crippen LogP contribution < -0.4 is 19.6 Å². The van der Waals surface area contributed by atoms with E-state index in [1.165, 1.54) is 21.9 Å². The second-order valence-corrected chi connectivity index (χ2v) is 34.8. The monoisotopic (exact) mass is 1950 g/mol. The molecule has 740 valence electrons. The van der Waals surface area contributed by atoms with E-state index in [2.05, 4.69) is 323 Å². The summed E-state index contributed by atoms with van der Waals surface area (Å²) in [7, 11) is 0. The topological polar surface area (TPSA) is 143 Å². The average molecular weight is 1950 g/mol. The summed E-state index contributed by atoms with van der Waals surface area (Å²) in [6.45, 7) is 1.08. The number of rotatable bonds is 16. The molecule has 0 bridgehead atoms. The van der Waals surface area contributed by atoms with Crippen LogP contribution in [0.15, 0.2) is 503 Å². The molecule has 0 spiro atoms. The third-order valence-corrected chi connectivity index (χ3v) is 26.7. The molecule has 3 N–H and O–H groups in total. The van der Waals surface area contributed by atoms with E-state index in [1.54, 1.807) is 0 Å². The summed E-state index contributed by atoms with van der Waals surface area (Å²) in [6.07, 6.45) is 0. The number of fused-ring (bicyclic) bond motifs is 16. The first-order chi connectivity index (χ1) is 108. The number of para-hydroxylation sites is 8. The molecular weight excluding hydrogens is 1700 g/mol. The lowest BCUT2D eigenvalue weighted by Gasteiger charge is -2.46. The zero-order valence-corrected chi connectivity index (χ0v) is 74.9. The quantitative estimate of drug-likeness (QED) is 0.0793. The van der Waals surface area contributed by atoms with Gasteiger partial charge >= 0.3 is 0 Å². The first kappa shape index (κ1) is 50.7. The van der Waals surface area contributed by atoms with Gasteiger partial charge in [-0.1, -0.05) is 315 Å². The van der Waals surface area contributed by atoms with Crippen molar-refractivity contribution in [1.29, 1.82) is 0 Å². The van der Waals surface area contributed by atoms with Gasteiger partial charge in [-0.3, -0.25) is 4.79 Å². The van der Waals surface area contributed by atoms with Crippen LogP contribution in [-0.4, -0.2) is 21.3 Å². The van der Waals surface area contributed by atoms with Gasteiger partial charge in [-0.2, -0.15) is 0 Å². The molecule has 0 fully saturated rings. The van der Waals surface area contributed by atoms with Crippen molar-refractivity contribution in [1.82, 2.24) is 0 Å². The molecule has 0 saturated carbocycles. The largest absolute Gasteiger partial charge is 0.481 e. The van der Waals surface area contributed by atoms with Crippen molar-refractivity contribution in [3.05, 3.63) is 519 Å². The van der Waals surface area contributed by atoms with Crippen LogP contribution >= 0.6 is 0 Å². The minimum absolute atomic E-state index is 0. The highest BCUT2D eigenvalue weighted by molar-refractivity contribution is 6.24. The fraction of sp³-hybridized carbons (Fsp3) is 0.0238. The van der Waals surface area contributed by atoms with Crippen LogP contribution in [0, 0.1) is 0 Å². The van der Waals surface area contributed by atoms with Gasteiger partial charge in [-0.05, 0) is 236 Å². The summed E-state index contributed by atoms with van der Waals surface area (Å²) in [5.74, 6) is -0.833. The second-order valence-electron chi connectivity index (χ2n) is 34.8. The second kappa shape index (κ2) is 34.5. The maximum Gasteiger partial charge on any atom is 0.300 e. The van der Waals surface area contributed by atoms with Crippen molar-refractivity contribution < 1.29 is 158 Å². The van der Waals surface area contributed by atoms with Crippen molar-refractivity contribution in [2.24, 2.45) is 0 Å². The molecule has 138 heavy (non-hydrogen) atoms. The number of nitrogens with zero attached hydrogens (tertiary/aromatic N) is 4. The van der Waals surface area contributed by atoms with E-state index in [0.717, 1.165) is 185 Å². The lowest BCUT2D eigenvalue weighted by Crippen LogP contribution is -2.44. The maximum atomic E-state index is 14.1. The SMILES string of the molecule is CC(=O)O.OC1(c2ccccc2)c2ccc(N(c3ccccc3)c3cccc4oc5ccccc5c34)cc2C(O)(c2ccccc2)c2ccc(N(c3ccccc3)c3cccc4oc5ccccc5c34)cc21.[2HH].[2H][2H].[2H][2H].[2H][2H].[2H][2H].[2H][2H].[2H][2H].[2H][2H].[2H][2H].[2H][2H].[2H][2H].[2H][2H].[2H][2H].[2H][2H].[2H][2H].[2H][2H].[2H][2H].[2H][2H].[2H][2H].[2H][2H].[2H][2H].[2H][2H].[2H][2H].[2H][2H].[2H][2H].[2H][2H].[2H][2H].[2H][2H].[2H][2H].[2H][2H].[2H][2H].[2H][2H].[2H][2H].[2H][2H].[2H][2H].[2H][2H].[2H][2H].[2H][2H].[2H][2H].[2H][2H].[2H][2H].c1ccc(-c2c3ccc(N(c4ccccc4)c4cccc5oc6ccccc6c45)cc3c(-c3ccccc3)c3ccc(N(c4ccccc4)c4cccc5oc6ccccc6c45)cc23)cc1. The van der Waals surface area contributed by atoms with Crippen LogP contribution in [0.3, 0.4) is 0 Å². The van der Waals surface area contributed by atoms with Gasteiger partial charge in [-0.15, -0.1) is 0 Å². The number of carboxylic acid groups (broad SMARTS) is 1. The van der Waals surface area contributed by atoms with Crippen molar-refractivity contribution in [2.45, 2.75) is 18.1 Å². The molecule has 2 unspecified atom stereocenters. The van der Waals surface area contributed by atoms with Crippen LogP contribution in [0.2, 0.25) is 0 Å². The molecule has 12 nitrogen and oxygen atoms in total. The lowest BCUT2D eigenvalue weighted by atomic mass is 9.63. The molecule has 21 aromatic carbocycles. The van der Waals surface area contributed by atoms with Gasteiger partial charge in [0, 0.05) is 205 Å². The Kier molecular flexibility index (Phi) is 12.7. The Morgan fingerprint density at radius 3 is 0.725 bits per heavy atom. The van der Waals surface area contributed by atoms with E-state index in [-0.39, 0.29) is 1.43 Å². The lowest BCUT2D eigenvalue weighted by molar-refractivity contribution is -0.134. The smallest absolute Gasteiger partial charge is 0.300 e. The van der Waals surface area contributed by atoms with Crippen LogP contribution in [0.25, 0.3) is 132 Å². The summed E-state index contributed by atoms with van der Waals surface area (Å²) in [5.41, 5.74) is 23.1. The fourth-order valence-corrected chi connectivity index (χ4v) is 20.9. The first-order valence-corrected chi connectivity index (χ1v) is 46.2. The Morgan fingerprint density at radius 2 is 0.449 bits per heavy atom. The summed E-state index contributed by atoms with van der Waals surface area (Å²) in [5, 5.41) is 48.5. The predicted molar refractivity (Wildman–Crippen MR) is 650 cm³/mol. The number of furan rings is 4. The normalized spacial score (nSPS) is 16.2. The Balaban J connectivity index is -0.000000156. The number of hydrogen-bond donors (Lipinski definition) is 3. The van der Waals surface area contributed by atoms with Crippen LogP contribution in [0.4, 0.5) is 68.2 Å². The number of aliphatic carboxylic acids is 1. The number of hydrogen-bond acceptors (Lipinski definition) is 11. The molecule has 0 radical (unpaired) electrons. The third-order valence-electron chi connectivity index (χ3n) is 26.7. The average Bonchev–Trinajstić information content (AvgIpc) is 0.956. The summed E-state index contributed by atoms with van der Waals surface area (Å²) in [4.78, 5) is 18.2. The van der Waals surface area contributed by atoms with Crippen molar-refractivity contribution in [2.75, 3.05) is 19.6 Å². The van der Waals surface area contributed by atoms with E-state index < -0.39 is 17.2 Å². The molecule has 1 aliphatic carbocycles. The Bertz CT molecular complexity index is 8630. The van der Waals surface area contributed by atoms with Gasteiger partial charge in [0.1, 0.15) is 55.9 Å². The number of carboxylic acids is 1. The standard InChI is InChI=1S/C62H42N2O4.C62H40N2O2.C2H4O2.41H2/c65-61(41-19-5-1-6-20-41)49-37-35-46(64(44-25-11-4-12-26-44)54-30-18-34-58-60(54)48-28-14-16-32-56(48)68-58)40-52(49)62(66,42-21-7-2-8-22-42)50-38-36-45(39-51(50)61)63(43-23-9-3-10-24-43)53-29-17-33-57-59(53)47-27-13-15-31-55(47)67-57;1-5-19-41(20-6-1)59-47-37-35-46(64(44-25-11-4-12-26-44)54-30-18-34-58-62(54)50-28-14-16-32-56(50)66-58)40-52(47)60(42-21-7-2-8-22-42)48-38-36-45(39-51(48)59)63(43-23-9-3-10-24-43)53-29-17-33-57-61(53)49-27-13-15-31-55(49)65-57;1-2(3)4;;;;;;;;;;;;;;;;;;;;;;;;;;;;;;;;;;;;;;;;;/h1-40,65-66H;1-40H;1H3,(H,3,4);41*1H/i;;;40*1+1D;1+1. The summed E-state index contributed by atoms with van der Waals surface area (Å²) >= 11 is 0. The summed E-state index contributed by atoms with van der Waals surface area (Å²) < 4.78 is 426. The van der Waals surface area contributed by atoms with Gasteiger partial charge in [0.05, 0.1) is 44.3 Å². The Hall–Kier alpha value is -18.1. The zero-order valence-electron chi connectivity index (χ0n) is 155. The van der Waals surface area contributed by atoms with E-state index in [0.29, 0.717) is 33.4 Å². The molecule has 0 amide bonds. The Morgan fingerprint density at radius 1 is 0.225 bits per heavy atom. The van der Waals surface area contributed by atoms with Gasteiger partial charge in [0.15, 0.2) is 0 Å². The first-order valence-electron chi connectivity index (χ1n) is 86.2. The van der Waals surface area contributed by atoms with E-state index >= 15 is 0 Å². The predicted octanol–water partition coefficient (Wildman–Crippen LogP) is 43.5. The van der Waals surface area contributed by atoms with E-state index in [4.69, 9.17) is 146 Å². The Labute approximate surface area is 919 Å². The molecule has 26 rings (SSSR count). The highest BCUT2D eigenvalue weighted by Crippen LogP contribution is 2.59. The molecule has 4 heterocycles. The van der Waals surface area contributed by atoms with Gasteiger partial charge in [-0.25, -0.2) is 0 Å². The minimum Gasteiger partial charge on any atom is -0.481 e. The number of anilines is 12. The molecule has 1 aliphatic rings. The third kappa shape index (κ3) is 14.1. The molecule has 2 atom stereocenters. The zero-order chi connectivity index (χ0) is 173. The van der Waals surface area contributed by atoms with Crippen molar-refractivity contribution in [3.8, 4) is 22.3 Å². The van der Waals surface area contributed by atoms with Crippen molar-refractivity contribution in [3.63, 3.8) is 0 Å². The number of benzene rings is 21. The van der Waals surface area contributed by atoms with Crippen molar-refractivity contribution >= 4 is 184 Å². The van der Waals surface area contributed by atoms with Crippen LogP contribution in [0.1, 0.15) is 161 Å².